The summed E-state index contributed by atoms with van der Waals surface area (Å²) >= 11 is 0. The summed E-state index contributed by atoms with van der Waals surface area (Å²) in [5, 5.41) is 11.0. The Morgan fingerprint density at radius 3 is 2.31 bits per heavy atom. The molecule has 4 rings (SSSR count). The Hall–Kier alpha value is -3.48. The topological polar surface area (TPSA) is 89.8 Å². The highest BCUT2D eigenvalue weighted by Crippen LogP contribution is 2.48. The number of anilines is 1. The zero-order valence-electron chi connectivity index (χ0n) is 18.5. The predicted octanol–water partition coefficient (Wildman–Crippen LogP) is 5.16. The van der Waals surface area contributed by atoms with Gasteiger partial charge in [0.15, 0.2) is 5.78 Å². The largest absolute Gasteiger partial charge is 0.494 e. The fraction of sp³-hybridized carbons (Fsp3) is 0.360. The number of Topliss-reactive ketones (excluding diaryl/α,β-unsaturated/α-hetero) is 1. The number of nitrogens with zero attached hydrogens (tertiary/aromatic N) is 2. The molecule has 1 aliphatic heterocycles. The van der Waals surface area contributed by atoms with E-state index in [2.05, 4.69) is 0 Å². The molecule has 2 aromatic rings. The molecule has 7 heteroatoms. The quantitative estimate of drug-likeness (QED) is 0.479. The van der Waals surface area contributed by atoms with E-state index in [4.69, 9.17) is 4.74 Å². The highest BCUT2D eigenvalue weighted by Gasteiger charge is 2.44. The molecule has 0 saturated carbocycles. The summed E-state index contributed by atoms with van der Waals surface area (Å²) in [6.07, 6.45) is 1.15. The lowest BCUT2D eigenvalue weighted by Gasteiger charge is -2.43. The normalized spacial score (nSPS) is 20.2. The molecule has 0 saturated heterocycles. The van der Waals surface area contributed by atoms with E-state index in [0.29, 0.717) is 36.4 Å². The standard InChI is InChI=1S/C25H26N2O5/c1-4-32-19-11-5-16(6-12-19)20-13-23(29)26(17-7-9-18(10-8-17)27(30)31)21-14-25(2,3)15-22(28)24(20)21/h5-12,20H,4,13-15H2,1-3H3. The van der Waals surface area contributed by atoms with E-state index in [-0.39, 0.29) is 35.1 Å². The van der Waals surface area contributed by atoms with Crippen LogP contribution in [0.4, 0.5) is 11.4 Å². The van der Waals surface area contributed by atoms with E-state index in [9.17, 15) is 19.7 Å². The van der Waals surface area contributed by atoms with Crippen molar-refractivity contribution >= 4 is 23.1 Å². The first-order valence-electron chi connectivity index (χ1n) is 10.8. The van der Waals surface area contributed by atoms with Crippen molar-refractivity contribution in [2.24, 2.45) is 5.41 Å². The highest BCUT2D eigenvalue weighted by molar-refractivity contribution is 6.07. The van der Waals surface area contributed by atoms with Gasteiger partial charge in [-0.25, -0.2) is 0 Å². The number of nitro benzene ring substituents is 1. The van der Waals surface area contributed by atoms with Crippen molar-refractivity contribution in [3.05, 3.63) is 75.5 Å². The van der Waals surface area contributed by atoms with Crippen molar-refractivity contribution in [3.8, 4) is 5.75 Å². The monoisotopic (exact) mass is 434 g/mol. The molecule has 2 aliphatic rings. The molecule has 0 bridgehead atoms. The lowest BCUT2D eigenvalue weighted by atomic mass is 9.69. The fourth-order valence-corrected chi connectivity index (χ4v) is 4.69. The van der Waals surface area contributed by atoms with E-state index >= 15 is 0 Å². The van der Waals surface area contributed by atoms with Crippen molar-refractivity contribution in [2.45, 2.75) is 46.0 Å². The number of non-ortho nitro benzene ring substituents is 1. The molecule has 0 fully saturated rings. The van der Waals surface area contributed by atoms with Gasteiger partial charge in [-0.15, -0.1) is 0 Å². The van der Waals surface area contributed by atoms with E-state index in [1.807, 2.05) is 45.0 Å². The average Bonchev–Trinajstić information content (AvgIpc) is 2.73. The van der Waals surface area contributed by atoms with Crippen LogP contribution in [0.15, 0.2) is 59.8 Å². The van der Waals surface area contributed by atoms with E-state index in [0.717, 1.165) is 11.3 Å². The first kappa shape index (κ1) is 21.7. The molecule has 0 spiro atoms. The van der Waals surface area contributed by atoms with Crippen molar-refractivity contribution < 1.29 is 19.2 Å². The van der Waals surface area contributed by atoms with Crippen molar-refractivity contribution in [1.82, 2.24) is 0 Å². The number of benzene rings is 2. The number of hydrogen-bond acceptors (Lipinski definition) is 5. The Morgan fingerprint density at radius 2 is 1.72 bits per heavy atom. The molecular formula is C25H26N2O5. The van der Waals surface area contributed by atoms with Crippen LogP contribution in [-0.2, 0) is 9.59 Å². The van der Waals surface area contributed by atoms with Crippen LogP contribution >= 0.6 is 0 Å². The molecule has 0 aromatic heterocycles. The van der Waals surface area contributed by atoms with E-state index in [1.165, 1.54) is 12.1 Å². The minimum absolute atomic E-state index is 0.0419. The molecule has 166 valence electrons. The van der Waals surface area contributed by atoms with Crippen molar-refractivity contribution in [3.63, 3.8) is 0 Å². The molecule has 1 amide bonds. The van der Waals surface area contributed by atoms with Crippen molar-refractivity contribution in [1.29, 1.82) is 0 Å². The van der Waals surface area contributed by atoms with Gasteiger partial charge in [-0.3, -0.25) is 24.6 Å². The Morgan fingerprint density at radius 1 is 1.06 bits per heavy atom. The van der Waals surface area contributed by atoms with Crippen LogP contribution < -0.4 is 9.64 Å². The highest BCUT2D eigenvalue weighted by atomic mass is 16.6. The van der Waals surface area contributed by atoms with Gasteiger partial charge < -0.3 is 4.74 Å². The molecule has 7 nitrogen and oxygen atoms in total. The van der Waals surface area contributed by atoms with Gasteiger partial charge in [0.2, 0.25) is 5.91 Å². The number of carbonyl (C=O) groups excluding carboxylic acids is 2. The second-order valence-electron chi connectivity index (χ2n) is 9.06. The minimum atomic E-state index is -0.471. The zero-order valence-corrected chi connectivity index (χ0v) is 18.5. The Kier molecular flexibility index (Phi) is 5.59. The van der Waals surface area contributed by atoms with Gasteiger partial charge in [-0.2, -0.15) is 0 Å². The van der Waals surface area contributed by atoms with Gasteiger partial charge in [-0.1, -0.05) is 26.0 Å². The smallest absolute Gasteiger partial charge is 0.269 e. The second kappa shape index (κ2) is 8.22. The van der Waals surface area contributed by atoms with Crippen molar-refractivity contribution in [2.75, 3.05) is 11.5 Å². The number of amides is 1. The maximum Gasteiger partial charge on any atom is 0.269 e. The van der Waals surface area contributed by atoms with Crippen LogP contribution in [0, 0.1) is 15.5 Å². The molecule has 1 heterocycles. The maximum atomic E-state index is 13.4. The summed E-state index contributed by atoms with van der Waals surface area (Å²) in [6, 6.07) is 13.5. The molecule has 1 atom stereocenters. The molecule has 0 radical (unpaired) electrons. The van der Waals surface area contributed by atoms with Gasteiger partial charge in [0.25, 0.3) is 5.69 Å². The second-order valence-corrected chi connectivity index (χ2v) is 9.06. The summed E-state index contributed by atoms with van der Waals surface area (Å²) in [5.41, 5.74) is 2.51. The van der Waals surface area contributed by atoms with Crippen LogP contribution in [0.2, 0.25) is 0 Å². The summed E-state index contributed by atoms with van der Waals surface area (Å²) in [6.45, 7) is 6.52. The number of ketones is 1. The Labute approximate surface area is 186 Å². The third-order valence-corrected chi connectivity index (χ3v) is 6.06. The lowest BCUT2D eigenvalue weighted by molar-refractivity contribution is -0.384. The number of hydrogen-bond donors (Lipinski definition) is 0. The number of allylic oxidation sites excluding steroid dienone is 2. The van der Waals surface area contributed by atoms with E-state index in [1.54, 1.807) is 17.0 Å². The summed E-state index contributed by atoms with van der Waals surface area (Å²) in [5.74, 6) is 0.360. The summed E-state index contributed by atoms with van der Waals surface area (Å²) < 4.78 is 5.52. The van der Waals surface area contributed by atoms with Gasteiger partial charge in [0.1, 0.15) is 5.75 Å². The fourth-order valence-electron chi connectivity index (χ4n) is 4.69. The van der Waals surface area contributed by atoms with Crippen LogP contribution in [-0.4, -0.2) is 23.2 Å². The number of rotatable bonds is 5. The number of carbonyl (C=O) groups is 2. The summed E-state index contributed by atoms with van der Waals surface area (Å²) in [7, 11) is 0. The third-order valence-electron chi connectivity index (χ3n) is 6.06. The molecule has 1 aliphatic carbocycles. The number of ether oxygens (including phenoxy) is 1. The van der Waals surface area contributed by atoms with E-state index < -0.39 is 4.92 Å². The van der Waals surface area contributed by atoms with Gasteiger partial charge >= 0.3 is 0 Å². The van der Waals surface area contributed by atoms with Crippen LogP contribution in [0.25, 0.3) is 0 Å². The van der Waals surface area contributed by atoms with Gasteiger partial charge in [-0.05, 0) is 48.6 Å². The SMILES string of the molecule is CCOc1ccc(C2CC(=O)N(c3ccc([N+](=O)[O-])cc3)C3=C2C(=O)CC(C)(C)C3)cc1. The molecule has 2 aromatic carbocycles. The van der Waals surface area contributed by atoms with Crippen LogP contribution in [0.3, 0.4) is 0 Å². The summed E-state index contributed by atoms with van der Waals surface area (Å²) in [4.78, 5) is 38.8. The number of nitro groups is 1. The average molecular weight is 434 g/mol. The van der Waals surface area contributed by atoms with Gasteiger partial charge in [0, 0.05) is 47.8 Å². The molecular weight excluding hydrogens is 408 g/mol. The van der Waals surface area contributed by atoms with Gasteiger partial charge in [0.05, 0.1) is 11.5 Å². The maximum absolute atomic E-state index is 13.4. The zero-order chi connectivity index (χ0) is 23.0. The first-order valence-corrected chi connectivity index (χ1v) is 10.8. The Balaban J connectivity index is 1.81. The third kappa shape index (κ3) is 4.02. The molecule has 32 heavy (non-hydrogen) atoms. The van der Waals surface area contributed by atoms with Crippen LogP contribution in [0.5, 0.6) is 5.75 Å². The molecule has 0 N–H and O–H groups in total. The lowest BCUT2D eigenvalue weighted by Crippen LogP contribution is -2.43. The van der Waals surface area contributed by atoms with Crippen LogP contribution in [0.1, 0.15) is 51.5 Å². The molecule has 1 unspecified atom stereocenters. The Bertz CT molecular complexity index is 1100. The minimum Gasteiger partial charge on any atom is -0.494 e. The first-order chi connectivity index (χ1) is 15.2. The predicted molar refractivity (Wildman–Crippen MR) is 121 cm³/mol.